The zero-order chi connectivity index (χ0) is 17.4. The number of aromatic nitrogens is 2. The molecule has 0 saturated heterocycles. The van der Waals surface area contributed by atoms with Crippen LogP contribution in [0.1, 0.15) is 29.9 Å². The van der Waals surface area contributed by atoms with E-state index >= 15 is 0 Å². The van der Waals surface area contributed by atoms with Gasteiger partial charge >= 0.3 is 0 Å². The van der Waals surface area contributed by atoms with E-state index < -0.39 is 0 Å². The average Bonchev–Trinajstić information content (AvgIpc) is 3.07. The number of nitrogens with zero attached hydrogens (tertiary/aromatic N) is 3. The molecule has 0 unspecified atom stereocenters. The average molecular weight is 330 g/mol. The van der Waals surface area contributed by atoms with Gasteiger partial charge in [0.25, 0.3) is 5.91 Å². The van der Waals surface area contributed by atoms with Crippen molar-refractivity contribution in [3.8, 4) is 5.75 Å². The Morgan fingerprint density at radius 2 is 2.00 bits per heavy atom. The number of aryl methyl sites for hydroxylation is 1. The maximum Gasteiger partial charge on any atom is 0.271 e. The van der Waals surface area contributed by atoms with Crippen LogP contribution in [0.25, 0.3) is 0 Å². The first-order valence-corrected chi connectivity index (χ1v) is 8.36. The quantitative estimate of drug-likeness (QED) is 0.766. The van der Waals surface area contributed by atoms with Crippen LogP contribution in [0.5, 0.6) is 5.75 Å². The molecule has 2 rings (SSSR count). The Hall–Kier alpha value is -2.34. The first-order chi connectivity index (χ1) is 11.6. The smallest absolute Gasteiger partial charge is 0.271 e. The van der Waals surface area contributed by atoms with E-state index in [-0.39, 0.29) is 12.6 Å². The molecule has 130 valence electrons. The summed E-state index contributed by atoms with van der Waals surface area (Å²) >= 11 is 0. The van der Waals surface area contributed by atoms with Crippen molar-refractivity contribution >= 4 is 5.91 Å². The summed E-state index contributed by atoms with van der Waals surface area (Å²) in [4.78, 5) is 14.4. The molecule has 1 aromatic heterocycles. The van der Waals surface area contributed by atoms with E-state index in [1.807, 2.05) is 31.2 Å². The Morgan fingerprint density at radius 3 is 2.71 bits per heavy atom. The SMILES string of the molecule is CCN(CC)CCNC(=O)c1ccn(COc2ccccc2C)n1. The number of likely N-dealkylation sites (N-methyl/N-ethyl adjacent to an activating group) is 1. The number of carbonyl (C=O) groups excluding carboxylic acids is 1. The Balaban J connectivity index is 1.81. The summed E-state index contributed by atoms with van der Waals surface area (Å²) in [6.07, 6.45) is 1.75. The highest BCUT2D eigenvalue weighted by Gasteiger charge is 2.10. The van der Waals surface area contributed by atoms with Crippen LogP contribution in [0.15, 0.2) is 36.5 Å². The Morgan fingerprint density at radius 1 is 1.25 bits per heavy atom. The third-order valence-corrected chi connectivity index (χ3v) is 3.93. The lowest BCUT2D eigenvalue weighted by atomic mass is 10.2. The van der Waals surface area contributed by atoms with Crippen LogP contribution in [-0.4, -0.2) is 46.8 Å². The topological polar surface area (TPSA) is 59.4 Å². The van der Waals surface area contributed by atoms with Gasteiger partial charge in [0.1, 0.15) is 11.4 Å². The number of nitrogens with one attached hydrogen (secondary N) is 1. The van der Waals surface area contributed by atoms with E-state index in [9.17, 15) is 4.79 Å². The molecule has 1 amide bonds. The summed E-state index contributed by atoms with van der Waals surface area (Å²) in [6.45, 7) is 9.92. The Kier molecular flexibility index (Phi) is 6.81. The largest absolute Gasteiger partial charge is 0.471 e. The summed E-state index contributed by atoms with van der Waals surface area (Å²) in [5, 5.41) is 7.16. The zero-order valence-corrected chi connectivity index (χ0v) is 14.7. The van der Waals surface area contributed by atoms with Crippen LogP contribution in [0, 0.1) is 6.92 Å². The fraction of sp³-hybridized carbons (Fsp3) is 0.444. The fourth-order valence-corrected chi connectivity index (χ4v) is 2.37. The monoisotopic (exact) mass is 330 g/mol. The molecule has 6 nitrogen and oxygen atoms in total. The summed E-state index contributed by atoms with van der Waals surface area (Å²) in [5.41, 5.74) is 1.47. The molecule has 2 aromatic rings. The molecule has 1 aromatic carbocycles. The second-order valence-corrected chi connectivity index (χ2v) is 5.56. The molecule has 1 N–H and O–H groups in total. The molecule has 0 aliphatic carbocycles. The number of ether oxygens (including phenoxy) is 1. The van der Waals surface area contributed by atoms with Crippen LogP contribution >= 0.6 is 0 Å². The second-order valence-electron chi connectivity index (χ2n) is 5.56. The molecular formula is C18H26N4O2. The molecule has 0 radical (unpaired) electrons. The number of carbonyl (C=O) groups is 1. The van der Waals surface area contributed by atoms with Crippen molar-refractivity contribution in [3.63, 3.8) is 0 Å². The van der Waals surface area contributed by atoms with Crippen molar-refractivity contribution in [2.75, 3.05) is 26.2 Å². The van der Waals surface area contributed by atoms with Crippen LogP contribution in [0.3, 0.4) is 0 Å². The minimum atomic E-state index is -0.156. The third kappa shape index (κ3) is 5.09. The summed E-state index contributed by atoms with van der Waals surface area (Å²) < 4.78 is 7.34. The van der Waals surface area contributed by atoms with Gasteiger partial charge in [0.2, 0.25) is 0 Å². The van der Waals surface area contributed by atoms with Crippen molar-refractivity contribution in [2.45, 2.75) is 27.5 Å². The van der Waals surface area contributed by atoms with E-state index in [1.54, 1.807) is 16.9 Å². The predicted octanol–water partition coefficient (Wildman–Crippen LogP) is 2.30. The standard InChI is InChI=1S/C18H26N4O2/c1-4-21(5-2)13-11-19-18(23)16-10-12-22(20-16)14-24-17-9-7-6-8-15(17)3/h6-10,12H,4-5,11,13-14H2,1-3H3,(H,19,23). The van der Waals surface area contributed by atoms with Gasteiger partial charge in [0, 0.05) is 19.3 Å². The highest BCUT2D eigenvalue weighted by molar-refractivity contribution is 5.92. The van der Waals surface area contributed by atoms with E-state index in [1.165, 1.54) is 0 Å². The zero-order valence-electron chi connectivity index (χ0n) is 14.7. The molecule has 0 aliphatic heterocycles. The molecule has 0 fully saturated rings. The summed E-state index contributed by atoms with van der Waals surface area (Å²) in [7, 11) is 0. The van der Waals surface area contributed by atoms with Crippen molar-refractivity contribution in [2.24, 2.45) is 0 Å². The Bertz CT molecular complexity index is 650. The second kappa shape index (κ2) is 9.08. The summed E-state index contributed by atoms with van der Waals surface area (Å²) in [6, 6.07) is 9.51. The highest BCUT2D eigenvalue weighted by Crippen LogP contribution is 2.16. The number of rotatable bonds is 9. The van der Waals surface area contributed by atoms with Gasteiger partial charge in [-0.1, -0.05) is 32.0 Å². The van der Waals surface area contributed by atoms with Crippen molar-refractivity contribution in [1.82, 2.24) is 20.0 Å². The van der Waals surface area contributed by atoms with Gasteiger partial charge in [-0.15, -0.1) is 0 Å². The maximum atomic E-state index is 12.1. The molecule has 6 heteroatoms. The van der Waals surface area contributed by atoms with E-state index in [2.05, 4.69) is 29.2 Å². The van der Waals surface area contributed by atoms with E-state index in [0.717, 1.165) is 30.9 Å². The third-order valence-electron chi connectivity index (χ3n) is 3.93. The van der Waals surface area contributed by atoms with Crippen molar-refractivity contribution in [3.05, 3.63) is 47.8 Å². The molecule has 0 atom stereocenters. The number of hydrogen-bond donors (Lipinski definition) is 1. The maximum absolute atomic E-state index is 12.1. The number of para-hydroxylation sites is 1. The minimum Gasteiger partial charge on any atom is -0.471 e. The molecule has 0 bridgehead atoms. The molecule has 0 saturated carbocycles. The van der Waals surface area contributed by atoms with Crippen molar-refractivity contribution in [1.29, 1.82) is 0 Å². The van der Waals surface area contributed by atoms with Crippen LogP contribution in [0.4, 0.5) is 0 Å². The first-order valence-electron chi connectivity index (χ1n) is 8.36. The van der Waals surface area contributed by atoms with Gasteiger partial charge in [-0.05, 0) is 37.7 Å². The molecule has 1 heterocycles. The van der Waals surface area contributed by atoms with Crippen LogP contribution in [-0.2, 0) is 6.73 Å². The van der Waals surface area contributed by atoms with Crippen LogP contribution < -0.4 is 10.1 Å². The number of amides is 1. The fourth-order valence-electron chi connectivity index (χ4n) is 2.37. The molecule has 0 aliphatic rings. The number of benzene rings is 1. The van der Waals surface area contributed by atoms with Gasteiger partial charge in [-0.3, -0.25) is 4.79 Å². The molecular weight excluding hydrogens is 304 g/mol. The lowest BCUT2D eigenvalue weighted by Gasteiger charge is -2.17. The van der Waals surface area contributed by atoms with Gasteiger partial charge in [-0.25, -0.2) is 4.68 Å². The Labute approximate surface area is 143 Å². The lowest BCUT2D eigenvalue weighted by molar-refractivity contribution is 0.0942. The van der Waals surface area contributed by atoms with E-state index in [0.29, 0.717) is 12.2 Å². The lowest BCUT2D eigenvalue weighted by Crippen LogP contribution is -2.35. The van der Waals surface area contributed by atoms with Gasteiger partial charge < -0.3 is 15.0 Å². The highest BCUT2D eigenvalue weighted by atomic mass is 16.5. The van der Waals surface area contributed by atoms with Gasteiger partial charge in [0.15, 0.2) is 6.73 Å². The van der Waals surface area contributed by atoms with Crippen molar-refractivity contribution < 1.29 is 9.53 Å². The predicted molar refractivity (Wildman–Crippen MR) is 94.2 cm³/mol. The minimum absolute atomic E-state index is 0.156. The van der Waals surface area contributed by atoms with E-state index in [4.69, 9.17) is 4.74 Å². The number of hydrogen-bond acceptors (Lipinski definition) is 4. The first kappa shape index (κ1) is 18.0. The van der Waals surface area contributed by atoms with Crippen LogP contribution in [0.2, 0.25) is 0 Å². The normalized spacial score (nSPS) is 10.8. The molecule has 24 heavy (non-hydrogen) atoms. The summed E-state index contributed by atoms with van der Waals surface area (Å²) in [5.74, 6) is 0.662. The van der Waals surface area contributed by atoms with Gasteiger partial charge in [0.05, 0.1) is 0 Å². The van der Waals surface area contributed by atoms with Gasteiger partial charge in [-0.2, -0.15) is 5.10 Å². The molecule has 0 spiro atoms.